The van der Waals surface area contributed by atoms with Gasteiger partial charge in [0.1, 0.15) is 6.61 Å². The second kappa shape index (κ2) is 4.71. The number of rotatable bonds is 3. The van der Waals surface area contributed by atoms with Crippen molar-refractivity contribution in [1.29, 1.82) is 0 Å². The largest absolute Gasteiger partial charge is 0.373 e. The van der Waals surface area contributed by atoms with E-state index in [4.69, 9.17) is 9.47 Å². The number of ether oxygens (including phenoxy) is 2. The van der Waals surface area contributed by atoms with Crippen molar-refractivity contribution >= 4 is 5.91 Å². The summed E-state index contributed by atoms with van der Waals surface area (Å²) >= 11 is 0. The fourth-order valence-electron chi connectivity index (χ4n) is 2.52. The molecule has 1 aliphatic carbocycles. The molecule has 0 aromatic heterocycles. The van der Waals surface area contributed by atoms with Gasteiger partial charge in [-0.15, -0.1) is 0 Å². The maximum absolute atomic E-state index is 11.0. The van der Waals surface area contributed by atoms with Gasteiger partial charge >= 0.3 is 0 Å². The van der Waals surface area contributed by atoms with Crippen molar-refractivity contribution in [2.24, 2.45) is 0 Å². The molecule has 0 radical (unpaired) electrons. The van der Waals surface area contributed by atoms with Gasteiger partial charge in [0.25, 0.3) is 0 Å². The van der Waals surface area contributed by atoms with E-state index in [0.717, 1.165) is 12.8 Å². The zero-order chi connectivity index (χ0) is 12.4. The van der Waals surface area contributed by atoms with Crippen LogP contribution >= 0.6 is 0 Å². The Morgan fingerprint density at radius 1 is 1.33 bits per heavy atom. The van der Waals surface area contributed by atoms with Gasteiger partial charge in [-0.05, 0) is 5.56 Å². The van der Waals surface area contributed by atoms with Crippen LogP contribution in [-0.2, 0) is 20.9 Å². The van der Waals surface area contributed by atoms with Crippen molar-refractivity contribution in [1.82, 2.24) is 5.32 Å². The number of carbonyl (C=O) groups is 1. The SMILES string of the molecule is O=C1COC2(CN1)CC(OCc1ccccc1)C2. The van der Waals surface area contributed by atoms with Crippen molar-refractivity contribution in [2.75, 3.05) is 13.2 Å². The van der Waals surface area contributed by atoms with E-state index in [0.29, 0.717) is 13.2 Å². The topological polar surface area (TPSA) is 47.6 Å². The van der Waals surface area contributed by atoms with E-state index in [2.05, 4.69) is 17.4 Å². The Bertz CT molecular complexity index is 414. The molecule has 2 aliphatic rings. The average Bonchev–Trinajstić information content (AvgIpc) is 2.37. The maximum atomic E-state index is 11.0. The molecule has 3 rings (SSSR count). The minimum atomic E-state index is -0.157. The van der Waals surface area contributed by atoms with Crippen molar-refractivity contribution in [3.8, 4) is 0 Å². The van der Waals surface area contributed by atoms with Gasteiger partial charge in [0.2, 0.25) is 5.91 Å². The van der Waals surface area contributed by atoms with E-state index >= 15 is 0 Å². The summed E-state index contributed by atoms with van der Waals surface area (Å²) in [6, 6.07) is 10.2. The number of carbonyl (C=O) groups excluding carboxylic acids is 1. The lowest BCUT2D eigenvalue weighted by atomic mass is 9.76. The quantitative estimate of drug-likeness (QED) is 0.874. The van der Waals surface area contributed by atoms with Crippen LogP contribution in [0, 0.1) is 0 Å². The van der Waals surface area contributed by atoms with E-state index in [1.165, 1.54) is 5.56 Å². The molecule has 18 heavy (non-hydrogen) atoms. The van der Waals surface area contributed by atoms with Crippen LogP contribution in [0.2, 0.25) is 0 Å². The molecule has 4 heteroatoms. The zero-order valence-corrected chi connectivity index (χ0v) is 10.2. The minimum Gasteiger partial charge on any atom is -0.373 e. The molecule has 1 N–H and O–H groups in total. The summed E-state index contributed by atoms with van der Waals surface area (Å²) in [5.41, 5.74) is 1.03. The van der Waals surface area contributed by atoms with Gasteiger partial charge < -0.3 is 14.8 Å². The molecule has 4 nitrogen and oxygen atoms in total. The fourth-order valence-corrected chi connectivity index (χ4v) is 2.52. The third-order valence-corrected chi connectivity index (χ3v) is 3.65. The lowest BCUT2D eigenvalue weighted by Gasteiger charge is -2.48. The Morgan fingerprint density at radius 2 is 2.11 bits per heavy atom. The molecule has 96 valence electrons. The number of hydrogen-bond acceptors (Lipinski definition) is 3. The molecule has 0 unspecified atom stereocenters. The first-order chi connectivity index (χ1) is 8.76. The van der Waals surface area contributed by atoms with Gasteiger partial charge in [0.05, 0.1) is 18.3 Å². The molecule has 1 aromatic rings. The van der Waals surface area contributed by atoms with Gasteiger partial charge in [-0.25, -0.2) is 0 Å². The van der Waals surface area contributed by atoms with Crippen LogP contribution in [0.5, 0.6) is 0 Å². The molecule has 2 fully saturated rings. The molecule has 1 aliphatic heterocycles. The predicted octanol–water partition coefficient (Wildman–Crippen LogP) is 1.25. The third kappa shape index (κ3) is 2.40. The second-order valence-corrected chi connectivity index (χ2v) is 5.08. The number of benzene rings is 1. The van der Waals surface area contributed by atoms with E-state index in [1.807, 2.05) is 18.2 Å². The molecule has 1 spiro atoms. The summed E-state index contributed by atoms with van der Waals surface area (Å²) in [5, 5.41) is 2.85. The van der Waals surface area contributed by atoms with Crippen molar-refractivity contribution in [3.63, 3.8) is 0 Å². The smallest absolute Gasteiger partial charge is 0.246 e. The Labute approximate surface area is 106 Å². The van der Waals surface area contributed by atoms with E-state index in [9.17, 15) is 4.79 Å². The molecule has 1 saturated heterocycles. The van der Waals surface area contributed by atoms with Crippen LogP contribution in [0.25, 0.3) is 0 Å². The number of nitrogens with one attached hydrogen (secondary N) is 1. The lowest BCUT2D eigenvalue weighted by molar-refractivity contribution is -0.191. The van der Waals surface area contributed by atoms with Crippen LogP contribution in [0.1, 0.15) is 18.4 Å². The van der Waals surface area contributed by atoms with Crippen LogP contribution < -0.4 is 5.32 Å². The van der Waals surface area contributed by atoms with Crippen molar-refractivity contribution in [3.05, 3.63) is 35.9 Å². The highest BCUT2D eigenvalue weighted by atomic mass is 16.5. The molecule has 1 amide bonds. The van der Waals surface area contributed by atoms with E-state index < -0.39 is 0 Å². The highest BCUT2D eigenvalue weighted by Crippen LogP contribution is 2.39. The van der Waals surface area contributed by atoms with Crippen LogP contribution in [0.15, 0.2) is 30.3 Å². The Kier molecular flexibility index (Phi) is 3.06. The first-order valence-corrected chi connectivity index (χ1v) is 6.32. The van der Waals surface area contributed by atoms with Crippen LogP contribution in [0.4, 0.5) is 0 Å². The maximum Gasteiger partial charge on any atom is 0.246 e. The summed E-state index contributed by atoms with van der Waals surface area (Å²) in [7, 11) is 0. The van der Waals surface area contributed by atoms with Crippen LogP contribution in [0.3, 0.4) is 0 Å². The predicted molar refractivity (Wildman–Crippen MR) is 65.9 cm³/mol. The summed E-state index contributed by atoms with van der Waals surface area (Å²) in [4.78, 5) is 11.0. The van der Waals surface area contributed by atoms with E-state index in [-0.39, 0.29) is 24.2 Å². The molecular weight excluding hydrogens is 230 g/mol. The Morgan fingerprint density at radius 3 is 2.78 bits per heavy atom. The first kappa shape index (κ1) is 11.7. The van der Waals surface area contributed by atoms with Gasteiger partial charge in [0.15, 0.2) is 0 Å². The monoisotopic (exact) mass is 247 g/mol. The van der Waals surface area contributed by atoms with Gasteiger partial charge in [-0.1, -0.05) is 30.3 Å². The minimum absolute atomic E-state index is 0.0192. The highest BCUT2D eigenvalue weighted by molar-refractivity contribution is 5.78. The van der Waals surface area contributed by atoms with Crippen molar-refractivity contribution in [2.45, 2.75) is 31.2 Å². The summed E-state index contributed by atoms with van der Waals surface area (Å²) in [6.07, 6.45) is 2.00. The third-order valence-electron chi connectivity index (χ3n) is 3.65. The number of amides is 1. The normalized spacial score (nSPS) is 30.9. The molecule has 0 atom stereocenters. The zero-order valence-electron chi connectivity index (χ0n) is 10.2. The Hall–Kier alpha value is -1.39. The fraction of sp³-hybridized carbons (Fsp3) is 0.500. The second-order valence-electron chi connectivity index (χ2n) is 5.08. The standard InChI is InChI=1S/C14H17NO3/c16-13-9-18-14(10-15-13)6-12(7-14)17-8-11-4-2-1-3-5-11/h1-5,12H,6-10H2,(H,15,16). The lowest BCUT2D eigenvalue weighted by Crippen LogP contribution is -2.61. The number of morpholine rings is 1. The molecule has 1 saturated carbocycles. The molecular formula is C14H17NO3. The molecule has 0 bridgehead atoms. The summed E-state index contributed by atoms with van der Waals surface area (Å²) in [6.45, 7) is 1.45. The van der Waals surface area contributed by atoms with Crippen molar-refractivity contribution < 1.29 is 14.3 Å². The summed E-state index contributed by atoms with van der Waals surface area (Å²) < 4.78 is 11.4. The Balaban J connectivity index is 1.44. The molecule has 1 aromatic carbocycles. The van der Waals surface area contributed by atoms with E-state index in [1.54, 1.807) is 0 Å². The van der Waals surface area contributed by atoms with Gasteiger partial charge in [0, 0.05) is 19.4 Å². The van der Waals surface area contributed by atoms with Gasteiger partial charge in [-0.3, -0.25) is 4.79 Å². The van der Waals surface area contributed by atoms with Gasteiger partial charge in [-0.2, -0.15) is 0 Å². The number of hydrogen-bond donors (Lipinski definition) is 1. The highest BCUT2D eigenvalue weighted by Gasteiger charge is 2.48. The summed E-state index contributed by atoms with van der Waals surface area (Å²) in [5.74, 6) is -0.0192. The molecule has 1 heterocycles. The van der Waals surface area contributed by atoms with Crippen LogP contribution in [-0.4, -0.2) is 30.8 Å². The average molecular weight is 247 g/mol. The first-order valence-electron chi connectivity index (χ1n) is 6.32.